The molecule has 30 heavy (non-hydrogen) atoms. The van der Waals surface area contributed by atoms with Crippen molar-refractivity contribution in [1.82, 2.24) is 10.2 Å². The highest BCUT2D eigenvalue weighted by molar-refractivity contribution is 5.89. The van der Waals surface area contributed by atoms with Crippen LogP contribution < -0.4 is 10.6 Å². The minimum absolute atomic E-state index is 0.0226. The molecule has 6 nitrogen and oxygen atoms in total. The van der Waals surface area contributed by atoms with Gasteiger partial charge in [0.2, 0.25) is 5.91 Å². The van der Waals surface area contributed by atoms with Gasteiger partial charge >= 0.3 is 6.03 Å². The van der Waals surface area contributed by atoms with Crippen LogP contribution in [0.3, 0.4) is 0 Å². The Morgan fingerprint density at radius 2 is 1.90 bits per heavy atom. The lowest BCUT2D eigenvalue weighted by Gasteiger charge is -2.40. The van der Waals surface area contributed by atoms with Crippen LogP contribution in [0.2, 0.25) is 0 Å². The van der Waals surface area contributed by atoms with E-state index in [2.05, 4.69) is 31.4 Å². The van der Waals surface area contributed by atoms with Crippen LogP contribution in [-0.2, 0) is 9.53 Å². The van der Waals surface area contributed by atoms with Gasteiger partial charge in [-0.15, -0.1) is 0 Å². The van der Waals surface area contributed by atoms with Crippen molar-refractivity contribution >= 4 is 17.6 Å². The van der Waals surface area contributed by atoms with E-state index < -0.39 is 0 Å². The molecule has 3 amide bonds. The lowest BCUT2D eigenvalue weighted by atomic mass is 9.78. The number of carbonyl (C=O) groups excluding carboxylic acids is 2. The van der Waals surface area contributed by atoms with E-state index in [9.17, 15) is 9.59 Å². The molecule has 2 saturated heterocycles. The number of nitrogens with zero attached hydrogens (tertiary/aromatic N) is 1. The fourth-order valence-corrected chi connectivity index (χ4v) is 4.66. The molecule has 2 heterocycles. The highest BCUT2D eigenvalue weighted by Gasteiger charge is 2.36. The maximum Gasteiger partial charge on any atom is 0.321 e. The molecule has 6 heteroatoms. The smallest absolute Gasteiger partial charge is 0.321 e. The number of likely N-dealkylation sites (tertiary alicyclic amines) is 1. The SMILES string of the molecule is Cc1cccc(NC(=O)N2CCC(C(=O)NCC3CCCOC3C(C)(C)C)CC2)c1. The number of ether oxygens (including phenoxy) is 1. The number of amides is 3. The van der Waals surface area contributed by atoms with Gasteiger partial charge in [-0.25, -0.2) is 4.79 Å². The van der Waals surface area contributed by atoms with Gasteiger partial charge in [0.05, 0.1) is 6.10 Å². The lowest BCUT2D eigenvalue weighted by Crippen LogP contribution is -2.48. The quantitative estimate of drug-likeness (QED) is 0.774. The molecule has 1 aromatic carbocycles. The number of urea groups is 1. The van der Waals surface area contributed by atoms with Crippen LogP contribution in [0.5, 0.6) is 0 Å². The van der Waals surface area contributed by atoms with Crippen LogP contribution in [0.4, 0.5) is 10.5 Å². The van der Waals surface area contributed by atoms with Gasteiger partial charge in [0, 0.05) is 43.8 Å². The Bertz CT molecular complexity index is 735. The van der Waals surface area contributed by atoms with E-state index in [-0.39, 0.29) is 29.4 Å². The molecule has 2 unspecified atom stereocenters. The van der Waals surface area contributed by atoms with Crippen LogP contribution in [0.1, 0.15) is 52.0 Å². The fourth-order valence-electron chi connectivity index (χ4n) is 4.66. The molecule has 0 aliphatic carbocycles. The van der Waals surface area contributed by atoms with Crippen molar-refractivity contribution in [2.24, 2.45) is 17.3 Å². The zero-order valence-electron chi connectivity index (χ0n) is 18.9. The lowest BCUT2D eigenvalue weighted by molar-refractivity contribution is -0.128. The normalized spacial score (nSPS) is 23.1. The van der Waals surface area contributed by atoms with Crippen molar-refractivity contribution in [3.8, 4) is 0 Å². The van der Waals surface area contributed by atoms with Gasteiger partial charge in [0.1, 0.15) is 0 Å². The fraction of sp³-hybridized carbons (Fsp3) is 0.667. The van der Waals surface area contributed by atoms with Crippen molar-refractivity contribution in [3.05, 3.63) is 29.8 Å². The van der Waals surface area contributed by atoms with Crippen LogP contribution in [0.25, 0.3) is 0 Å². The molecule has 2 N–H and O–H groups in total. The molecular weight excluding hydrogens is 378 g/mol. The third kappa shape index (κ3) is 5.97. The Morgan fingerprint density at radius 3 is 2.57 bits per heavy atom. The minimum atomic E-state index is -0.0909. The minimum Gasteiger partial charge on any atom is -0.377 e. The molecule has 0 saturated carbocycles. The molecule has 0 spiro atoms. The van der Waals surface area contributed by atoms with Crippen LogP contribution in [-0.4, -0.2) is 49.2 Å². The van der Waals surface area contributed by atoms with Crippen molar-refractivity contribution in [2.45, 2.75) is 59.5 Å². The summed E-state index contributed by atoms with van der Waals surface area (Å²) in [4.78, 5) is 27.1. The molecule has 2 atom stereocenters. The van der Waals surface area contributed by atoms with Gasteiger partial charge in [-0.3, -0.25) is 4.79 Å². The second-order valence-electron chi connectivity index (χ2n) is 9.87. The molecule has 0 bridgehead atoms. The molecule has 2 aliphatic rings. The highest BCUT2D eigenvalue weighted by atomic mass is 16.5. The first-order valence-corrected chi connectivity index (χ1v) is 11.3. The summed E-state index contributed by atoms with van der Waals surface area (Å²) in [5, 5.41) is 6.13. The Morgan fingerprint density at radius 1 is 1.17 bits per heavy atom. The molecule has 0 radical (unpaired) electrons. The summed E-state index contributed by atoms with van der Waals surface area (Å²) < 4.78 is 6.03. The summed E-state index contributed by atoms with van der Waals surface area (Å²) in [7, 11) is 0. The van der Waals surface area contributed by atoms with Gasteiger partial charge in [-0.1, -0.05) is 32.9 Å². The number of benzene rings is 1. The van der Waals surface area contributed by atoms with E-state index >= 15 is 0 Å². The summed E-state index contributed by atoms with van der Waals surface area (Å²) >= 11 is 0. The van der Waals surface area contributed by atoms with Gasteiger partial charge in [-0.2, -0.15) is 0 Å². The molecule has 2 aliphatic heterocycles. The average Bonchev–Trinajstić information content (AvgIpc) is 2.71. The summed E-state index contributed by atoms with van der Waals surface area (Å²) in [6.45, 7) is 11.3. The highest BCUT2D eigenvalue weighted by Crippen LogP contribution is 2.33. The number of rotatable bonds is 4. The largest absolute Gasteiger partial charge is 0.377 e. The topological polar surface area (TPSA) is 70.7 Å². The first kappa shape index (κ1) is 22.6. The van der Waals surface area contributed by atoms with Crippen molar-refractivity contribution in [1.29, 1.82) is 0 Å². The maximum absolute atomic E-state index is 12.7. The van der Waals surface area contributed by atoms with Crippen LogP contribution in [0.15, 0.2) is 24.3 Å². The standard InChI is InChI=1S/C24H37N3O3/c1-17-7-5-9-20(15-17)26-23(29)27-12-10-18(11-13-27)22(28)25-16-19-8-6-14-30-21(19)24(2,3)4/h5,7,9,15,18-19,21H,6,8,10-14,16H2,1-4H3,(H,25,28)(H,26,29). The molecule has 3 rings (SSSR count). The van der Waals surface area contributed by atoms with E-state index in [1.807, 2.05) is 31.2 Å². The van der Waals surface area contributed by atoms with E-state index in [4.69, 9.17) is 4.74 Å². The number of aryl methyl sites for hydroxylation is 1. The maximum atomic E-state index is 12.7. The predicted octanol–water partition coefficient (Wildman–Crippen LogP) is 4.20. The summed E-state index contributed by atoms with van der Waals surface area (Å²) in [6, 6.07) is 7.70. The number of hydrogen-bond acceptors (Lipinski definition) is 3. The predicted molar refractivity (Wildman–Crippen MR) is 119 cm³/mol. The number of nitrogens with one attached hydrogen (secondary N) is 2. The Labute approximate surface area is 180 Å². The number of piperidine rings is 1. The summed E-state index contributed by atoms with van der Waals surface area (Å²) in [5.74, 6) is 0.459. The van der Waals surface area contributed by atoms with E-state index in [0.717, 1.165) is 30.7 Å². The van der Waals surface area contributed by atoms with Crippen molar-refractivity contribution in [2.75, 3.05) is 31.6 Å². The van der Waals surface area contributed by atoms with Gasteiger partial charge in [0.15, 0.2) is 0 Å². The molecule has 1 aromatic rings. The number of hydrogen-bond donors (Lipinski definition) is 2. The van der Waals surface area contributed by atoms with Gasteiger partial charge in [0.25, 0.3) is 0 Å². The zero-order chi connectivity index (χ0) is 21.7. The molecule has 0 aromatic heterocycles. The monoisotopic (exact) mass is 415 g/mol. The van der Waals surface area contributed by atoms with Crippen molar-refractivity contribution in [3.63, 3.8) is 0 Å². The third-order valence-corrected chi connectivity index (χ3v) is 6.26. The zero-order valence-corrected chi connectivity index (χ0v) is 18.9. The van der Waals surface area contributed by atoms with Gasteiger partial charge < -0.3 is 20.3 Å². The molecule has 2 fully saturated rings. The first-order valence-electron chi connectivity index (χ1n) is 11.3. The van der Waals surface area contributed by atoms with Crippen molar-refractivity contribution < 1.29 is 14.3 Å². The molecular formula is C24H37N3O3. The van der Waals surface area contributed by atoms with Crippen LogP contribution >= 0.6 is 0 Å². The number of anilines is 1. The Hall–Kier alpha value is -2.08. The van der Waals surface area contributed by atoms with E-state index in [0.29, 0.717) is 38.4 Å². The van der Waals surface area contributed by atoms with Crippen LogP contribution in [0, 0.1) is 24.2 Å². The van der Waals surface area contributed by atoms with Gasteiger partial charge in [-0.05, 0) is 55.7 Å². The summed E-state index contributed by atoms with van der Waals surface area (Å²) in [5.41, 5.74) is 1.99. The van der Waals surface area contributed by atoms with E-state index in [1.54, 1.807) is 4.90 Å². The third-order valence-electron chi connectivity index (χ3n) is 6.26. The molecule has 166 valence electrons. The Kier molecular flexibility index (Phi) is 7.40. The first-order chi connectivity index (χ1) is 14.2. The summed E-state index contributed by atoms with van der Waals surface area (Å²) in [6.07, 6.45) is 3.74. The second kappa shape index (κ2) is 9.82. The van der Waals surface area contributed by atoms with E-state index in [1.165, 1.54) is 0 Å². The average molecular weight is 416 g/mol. The number of carbonyl (C=O) groups is 2. The second-order valence-corrected chi connectivity index (χ2v) is 9.87. The Balaban J connectivity index is 1.44.